The predicted octanol–water partition coefficient (Wildman–Crippen LogP) is 3.10. The number of hydrogen-bond acceptors (Lipinski definition) is 4. The van der Waals surface area contributed by atoms with E-state index < -0.39 is 4.92 Å². The second-order valence-electron chi connectivity index (χ2n) is 4.37. The zero-order valence-electron chi connectivity index (χ0n) is 11.4. The summed E-state index contributed by atoms with van der Waals surface area (Å²) in [6.45, 7) is 0.795. The van der Waals surface area contributed by atoms with Gasteiger partial charge in [-0.3, -0.25) is 10.1 Å². The van der Waals surface area contributed by atoms with Crippen molar-refractivity contribution in [1.82, 2.24) is 0 Å². The highest BCUT2D eigenvalue weighted by atomic mass is 35.5. The summed E-state index contributed by atoms with van der Waals surface area (Å²) in [5.41, 5.74) is 7.37. The van der Waals surface area contributed by atoms with Crippen molar-refractivity contribution in [2.45, 2.75) is 13.0 Å². The smallest absolute Gasteiger partial charge is 0.310 e. The largest absolute Gasteiger partial charge is 0.482 e. The number of ether oxygens (including phenoxy) is 1. The van der Waals surface area contributed by atoms with E-state index in [1.807, 2.05) is 30.3 Å². The zero-order valence-corrected chi connectivity index (χ0v) is 12.2. The van der Waals surface area contributed by atoms with Crippen LogP contribution in [0.5, 0.6) is 5.75 Å². The second-order valence-corrected chi connectivity index (χ2v) is 4.37. The fraction of sp³-hybridized carbons (Fsp3) is 0.200. The molecule has 0 fully saturated rings. The van der Waals surface area contributed by atoms with Crippen molar-refractivity contribution in [2.24, 2.45) is 5.73 Å². The number of nitrogens with two attached hydrogens (primary N) is 1. The van der Waals surface area contributed by atoms with Crippen LogP contribution in [0.15, 0.2) is 48.5 Å². The lowest BCUT2D eigenvalue weighted by Crippen LogP contribution is -2.04. The Bertz CT molecular complexity index is 591. The number of rotatable bonds is 6. The van der Waals surface area contributed by atoms with Gasteiger partial charge in [0.05, 0.1) is 4.92 Å². The van der Waals surface area contributed by atoms with Gasteiger partial charge in [0, 0.05) is 6.07 Å². The molecule has 0 unspecified atom stereocenters. The summed E-state index contributed by atoms with van der Waals surface area (Å²) in [5, 5.41) is 11.0. The van der Waals surface area contributed by atoms with Gasteiger partial charge in [-0.1, -0.05) is 36.4 Å². The molecule has 2 N–H and O–H groups in total. The highest BCUT2D eigenvalue weighted by molar-refractivity contribution is 5.85. The molecule has 0 saturated carbocycles. The lowest BCUT2D eigenvalue weighted by atomic mass is 10.1. The van der Waals surface area contributed by atoms with Crippen molar-refractivity contribution in [3.63, 3.8) is 0 Å². The number of hydrogen-bond donors (Lipinski definition) is 1. The molecule has 5 nitrogen and oxygen atoms in total. The molecular weight excluding hydrogens is 292 g/mol. The van der Waals surface area contributed by atoms with Gasteiger partial charge in [-0.2, -0.15) is 0 Å². The summed E-state index contributed by atoms with van der Waals surface area (Å²) < 4.78 is 5.59. The normalized spacial score (nSPS) is 9.76. The van der Waals surface area contributed by atoms with Gasteiger partial charge in [0.15, 0.2) is 5.75 Å². The Hall–Kier alpha value is -2.11. The fourth-order valence-electron chi connectivity index (χ4n) is 1.88. The van der Waals surface area contributed by atoms with Gasteiger partial charge in [0.25, 0.3) is 0 Å². The second kappa shape index (κ2) is 8.24. The molecule has 112 valence electrons. The van der Waals surface area contributed by atoms with Crippen molar-refractivity contribution >= 4 is 18.1 Å². The van der Waals surface area contributed by atoms with Gasteiger partial charge >= 0.3 is 5.69 Å². The van der Waals surface area contributed by atoms with Gasteiger partial charge in [0.1, 0.15) is 6.61 Å². The molecular formula is C15H17ClN2O3. The topological polar surface area (TPSA) is 78.4 Å². The van der Waals surface area contributed by atoms with Crippen molar-refractivity contribution in [3.05, 3.63) is 69.8 Å². The van der Waals surface area contributed by atoms with Crippen LogP contribution in [-0.2, 0) is 13.0 Å². The first-order valence-corrected chi connectivity index (χ1v) is 6.35. The van der Waals surface area contributed by atoms with Crippen molar-refractivity contribution in [1.29, 1.82) is 0 Å². The first-order chi connectivity index (χ1) is 9.70. The number of benzene rings is 2. The number of nitro groups is 1. The van der Waals surface area contributed by atoms with Gasteiger partial charge in [-0.05, 0) is 30.2 Å². The first-order valence-electron chi connectivity index (χ1n) is 6.35. The summed E-state index contributed by atoms with van der Waals surface area (Å²) in [6, 6.07) is 14.4. The molecule has 0 bridgehead atoms. The summed E-state index contributed by atoms with van der Waals surface area (Å²) in [4.78, 5) is 10.6. The summed E-state index contributed by atoms with van der Waals surface area (Å²) in [7, 11) is 0. The van der Waals surface area contributed by atoms with Crippen LogP contribution in [0.25, 0.3) is 0 Å². The molecule has 0 heterocycles. The van der Waals surface area contributed by atoms with Crippen LogP contribution in [0.1, 0.15) is 11.1 Å². The van der Waals surface area contributed by atoms with Crippen molar-refractivity contribution < 1.29 is 9.66 Å². The van der Waals surface area contributed by atoms with E-state index in [4.69, 9.17) is 10.5 Å². The van der Waals surface area contributed by atoms with Crippen LogP contribution >= 0.6 is 12.4 Å². The highest BCUT2D eigenvalue weighted by Crippen LogP contribution is 2.28. The van der Waals surface area contributed by atoms with Crippen LogP contribution < -0.4 is 10.5 Å². The first kappa shape index (κ1) is 16.9. The summed E-state index contributed by atoms with van der Waals surface area (Å²) >= 11 is 0. The lowest BCUT2D eigenvalue weighted by molar-refractivity contribution is -0.386. The third kappa shape index (κ3) is 4.73. The van der Waals surface area contributed by atoms with Crippen molar-refractivity contribution in [2.75, 3.05) is 6.54 Å². The molecule has 0 amide bonds. The SMILES string of the molecule is Cl.NCCc1ccc([N+](=O)[O-])c(OCc2ccccc2)c1. The Morgan fingerprint density at radius 3 is 2.43 bits per heavy atom. The lowest BCUT2D eigenvalue weighted by Gasteiger charge is -2.08. The standard InChI is InChI=1S/C15H16N2O3.ClH/c16-9-8-12-6-7-14(17(18)19)15(10-12)20-11-13-4-2-1-3-5-13;/h1-7,10H,8-9,11,16H2;1H. The van der Waals surface area contributed by atoms with Gasteiger partial charge < -0.3 is 10.5 Å². The van der Waals surface area contributed by atoms with E-state index in [0.717, 1.165) is 11.1 Å². The van der Waals surface area contributed by atoms with Crippen LogP contribution in [-0.4, -0.2) is 11.5 Å². The highest BCUT2D eigenvalue weighted by Gasteiger charge is 2.15. The maximum absolute atomic E-state index is 11.0. The van der Waals surface area contributed by atoms with Crippen molar-refractivity contribution in [3.8, 4) is 5.75 Å². The Morgan fingerprint density at radius 2 is 1.81 bits per heavy atom. The maximum atomic E-state index is 11.0. The molecule has 2 aromatic rings. The molecule has 6 heteroatoms. The Balaban J connectivity index is 0.00000220. The monoisotopic (exact) mass is 308 g/mol. The van der Waals surface area contributed by atoms with Crippen LogP contribution in [0, 0.1) is 10.1 Å². The van der Waals surface area contributed by atoms with Crippen LogP contribution in [0.3, 0.4) is 0 Å². The maximum Gasteiger partial charge on any atom is 0.310 e. The predicted molar refractivity (Wildman–Crippen MR) is 83.9 cm³/mol. The Kier molecular flexibility index (Phi) is 6.65. The zero-order chi connectivity index (χ0) is 14.4. The van der Waals surface area contributed by atoms with E-state index in [1.54, 1.807) is 12.1 Å². The quantitative estimate of drug-likeness (QED) is 0.657. The average Bonchev–Trinajstić information content (AvgIpc) is 2.46. The molecule has 0 spiro atoms. The molecule has 0 aliphatic rings. The molecule has 2 rings (SSSR count). The minimum absolute atomic E-state index is 0. The van der Waals surface area contributed by atoms with Crippen LogP contribution in [0.4, 0.5) is 5.69 Å². The molecule has 0 saturated heterocycles. The summed E-state index contributed by atoms with van der Waals surface area (Å²) in [5.74, 6) is 0.282. The fourth-order valence-corrected chi connectivity index (χ4v) is 1.88. The molecule has 0 atom stereocenters. The molecule has 2 aromatic carbocycles. The average molecular weight is 309 g/mol. The molecule has 0 aliphatic carbocycles. The van der Waals surface area contributed by atoms with Crippen LogP contribution in [0.2, 0.25) is 0 Å². The third-order valence-electron chi connectivity index (χ3n) is 2.89. The Morgan fingerprint density at radius 1 is 1.10 bits per heavy atom. The van der Waals surface area contributed by atoms with Gasteiger partial charge in [-0.15, -0.1) is 12.4 Å². The van der Waals surface area contributed by atoms with E-state index in [0.29, 0.717) is 19.6 Å². The molecule has 21 heavy (non-hydrogen) atoms. The van der Waals surface area contributed by atoms with E-state index in [1.165, 1.54) is 6.07 Å². The van der Waals surface area contributed by atoms with E-state index in [9.17, 15) is 10.1 Å². The third-order valence-corrected chi connectivity index (χ3v) is 2.89. The van der Waals surface area contributed by atoms with E-state index >= 15 is 0 Å². The molecule has 0 radical (unpaired) electrons. The Labute approximate surface area is 129 Å². The molecule has 0 aliphatic heterocycles. The molecule has 0 aromatic heterocycles. The van der Waals surface area contributed by atoms with E-state index in [-0.39, 0.29) is 23.8 Å². The van der Waals surface area contributed by atoms with Gasteiger partial charge in [-0.25, -0.2) is 0 Å². The summed E-state index contributed by atoms with van der Waals surface area (Å²) in [6.07, 6.45) is 0.666. The minimum atomic E-state index is -0.438. The number of nitrogens with zero attached hydrogens (tertiary/aromatic N) is 1. The number of halogens is 1. The minimum Gasteiger partial charge on any atom is -0.482 e. The van der Waals surface area contributed by atoms with Gasteiger partial charge in [0.2, 0.25) is 0 Å². The number of nitro benzene ring substituents is 1. The van der Waals surface area contributed by atoms with E-state index in [2.05, 4.69) is 0 Å².